The van der Waals surface area contributed by atoms with E-state index in [9.17, 15) is 9.18 Å². The molecule has 5 rings (SSSR count). The fourth-order valence-electron chi connectivity index (χ4n) is 3.27. The number of halogens is 3. The first kappa shape index (κ1) is 20.4. The van der Waals surface area contributed by atoms with Gasteiger partial charge in [-0.15, -0.1) is 0 Å². The number of rotatable bonds is 4. The summed E-state index contributed by atoms with van der Waals surface area (Å²) in [6.45, 7) is 0. The van der Waals surface area contributed by atoms with Crippen LogP contribution in [0.3, 0.4) is 0 Å². The number of hydrogen-bond acceptors (Lipinski definition) is 4. The van der Waals surface area contributed by atoms with Crippen LogP contribution in [0.5, 0.6) is 0 Å². The van der Waals surface area contributed by atoms with Crippen molar-refractivity contribution in [1.29, 1.82) is 0 Å². The molecular formula is C23H13BrClFN4O2. The maximum atomic E-state index is 14.0. The maximum Gasteiger partial charge on any atom is 0.258 e. The van der Waals surface area contributed by atoms with Crippen molar-refractivity contribution in [3.8, 4) is 22.7 Å². The van der Waals surface area contributed by atoms with Gasteiger partial charge in [-0.3, -0.25) is 9.89 Å². The van der Waals surface area contributed by atoms with Gasteiger partial charge in [0.05, 0.1) is 11.1 Å². The van der Waals surface area contributed by atoms with Crippen LogP contribution in [0.1, 0.15) is 10.4 Å². The zero-order chi connectivity index (χ0) is 22.2. The first-order valence-electron chi connectivity index (χ1n) is 9.45. The van der Waals surface area contributed by atoms with Crippen molar-refractivity contribution >= 4 is 50.2 Å². The third-order valence-electron chi connectivity index (χ3n) is 4.81. The Hall–Kier alpha value is -3.49. The van der Waals surface area contributed by atoms with Crippen molar-refractivity contribution in [2.24, 2.45) is 0 Å². The van der Waals surface area contributed by atoms with Crippen molar-refractivity contribution < 1.29 is 13.6 Å². The molecule has 6 nitrogen and oxygen atoms in total. The van der Waals surface area contributed by atoms with E-state index in [0.29, 0.717) is 43.4 Å². The predicted molar refractivity (Wildman–Crippen MR) is 124 cm³/mol. The molecule has 0 spiro atoms. The Morgan fingerprint density at radius 2 is 1.91 bits per heavy atom. The van der Waals surface area contributed by atoms with Gasteiger partial charge >= 0.3 is 0 Å². The van der Waals surface area contributed by atoms with Gasteiger partial charge in [0.2, 0.25) is 5.89 Å². The average Bonchev–Trinajstić information content (AvgIpc) is 3.40. The summed E-state index contributed by atoms with van der Waals surface area (Å²) < 4.78 is 20.4. The molecule has 2 aromatic heterocycles. The van der Waals surface area contributed by atoms with E-state index in [0.717, 1.165) is 5.56 Å². The molecule has 0 aliphatic carbocycles. The highest BCUT2D eigenvalue weighted by atomic mass is 79.9. The minimum Gasteiger partial charge on any atom is -0.436 e. The number of benzene rings is 3. The third-order valence-corrected chi connectivity index (χ3v) is 5.54. The molecule has 158 valence electrons. The zero-order valence-corrected chi connectivity index (χ0v) is 18.5. The third kappa shape index (κ3) is 3.90. The minimum atomic E-state index is -0.603. The Balaban J connectivity index is 1.40. The topological polar surface area (TPSA) is 83.8 Å². The number of carbonyl (C=O) groups is 1. The summed E-state index contributed by atoms with van der Waals surface area (Å²) in [4.78, 5) is 16.9. The van der Waals surface area contributed by atoms with E-state index in [-0.39, 0.29) is 5.56 Å². The van der Waals surface area contributed by atoms with Crippen LogP contribution in [0, 0.1) is 5.82 Å². The number of carbonyl (C=O) groups excluding carboxylic acids is 1. The molecule has 0 atom stereocenters. The second-order valence-electron chi connectivity index (χ2n) is 6.93. The van der Waals surface area contributed by atoms with E-state index in [1.165, 1.54) is 12.1 Å². The van der Waals surface area contributed by atoms with Crippen molar-refractivity contribution in [3.05, 3.63) is 87.7 Å². The smallest absolute Gasteiger partial charge is 0.258 e. The van der Waals surface area contributed by atoms with Gasteiger partial charge in [0.15, 0.2) is 5.58 Å². The number of fused-ring (bicyclic) bond motifs is 1. The van der Waals surface area contributed by atoms with E-state index < -0.39 is 11.7 Å². The Morgan fingerprint density at radius 3 is 2.69 bits per heavy atom. The average molecular weight is 512 g/mol. The lowest BCUT2D eigenvalue weighted by Crippen LogP contribution is -2.13. The highest BCUT2D eigenvalue weighted by Crippen LogP contribution is 2.33. The molecule has 32 heavy (non-hydrogen) atoms. The highest BCUT2D eigenvalue weighted by molar-refractivity contribution is 9.10. The van der Waals surface area contributed by atoms with Crippen LogP contribution < -0.4 is 5.32 Å². The van der Waals surface area contributed by atoms with Gasteiger partial charge in [-0.05, 0) is 48.5 Å². The molecule has 5 aromatic rings. The Morgan fingerprint density at radius 1 is 1.09 bits per heavy atom. The summed E-state index contributed by atoms with van der Waals surface area (Å²) in [6, 6.07) is 16.5. The minimum absolute atomic E-state index is 0.0390. The quantitative estimate of drug-likeness (QED) is 0.281. The number of aromatic amines is 1. The predicted octanol–water partition coefficient (Wildman–Crippen LogP) is 6.69. The zero-order valence-electron chi connectivity index (χ0n) is 16.2. The SMILES string of the molecule is O=C(Nc1ccc(-c2n[nH]cc2-c2nc3cc(Cl)ccc3o2)cc1)c1ccc(Br)cc1F. The second-order valence-corrected chi connectivity index (χ2v) is 8.29. The summed E-state index contributed by atoms with van der Waals surface area (Å²) in [5.41, 5.74) is 3.87. The van der Waals surface area contributed by atoms with Crippen LogP contribution >= 0.6 is 27.5 Å². The van der Waals surface area contributed by atoms with Gasteiger partial charge in [-0.1, -0.05) is 39.7 Å². The molecule has 0 aliphatic rings. The fraction of sp³-hybridized carbons (Fsp3) is 0. The Kier molecular flexibility index (Phi) is 5.24. The summed E-state index contributed by atoms with van der Waals surface area (Å²) in [5, 5.41) is 10.4. The van der Waals surface area contributed by atoms with Gasteiger partial charge in [-0.2, -0.15) is 5.10 Å². The number of oxazole rings is 1. The van der Waals surface area contributed by atoms with Crippen molar-refractivity contribution in [3.63, 3.8) is 0 Å². The number of aromatic nitrogens is 3. The second kappa shape index (κ2) is 8.22. The number of hydrogen-bond donors (Lipinski definition) is 2. The van der Waals surface area contributed by atoms with Crippen molar-refractivity contribution in [1.82, 2.24) is 15.2 Å². The molecule has 0 fully saturated rings. The van der Waals surface area contributed by atoms with E-state index >= 15 is 0 Å². The Labute approximate surface area is 194 Å². The van der Waals surface area contributed by atoms with Crippen molar-refractivity contribution in [2.75, 3.05) is 5.32 Å². The number of nitrogens with zero attached hydrogens (tertiary/aromatic N) is 2. The first-order chi connectivity index (χ1) is 15.5. The monoisotopic (exact) mass is 510 g/mol. The normalized spacial score (nSPS) is 11.1. The maximum absolute atomic E-state index is 14.0. The summed E-state index contributed by atoms with van der Waals surface area (Å²) in [7, 11) is 0. The van der Waals surface area contributed by atoms with E-state index in [4.69, 9.17) is 16.0 Å². The number of nitrogens with one attached hydrogen (secondary N) is 2. The van der Waals surface area contributed by atoms with Crippen LogP contribution in [-0.4, -0.2) is 21.1 Å². The van der Waals surface area contributed by atoms with Gasteiger partial charge in [0, 0.05) is 26.9 Å². The number of anilines is 1. The molecule has 0 unspecified atom stereocenters. The van der Waals surface area contributed by atoms with Crippen LogP contribution in [-0.2, 0) is 0 Å². The lowest BCUT2D eigenvalue weighted by molar-refractivity contribution is 0.102. The molecule has 2 heterocycles. The van der Waals surface area contributed by atoms with Crippen LogP contribution in [0.4, 0.5) is 10.1 Å². The van der Waals surface area contributed by atoms with Gasteiger partial charge in [0.1, 0.15) is 17.0 Å². The molecular weight excluding hydrogens is 499 g/mol. The lowest BCUT2D eigenvalue weighted by Gasteiger charge is -2.07. The Bertz CT molecular complexity index is 1460. The van der Waals surface area contributed by atoms with Gasteiger partial charge in [-0.25, -0.2) is 9.37 Å². The van der Waals surface area contributed by atoms with Gasteiger partial charge < -0.3 is 9.73 Å². The molecule has 3 aromatic carbocycles. The molecule has 2 N–H and O–H groups in total. The van der Waals surface area contributed by atoms with Crippen LogP contribution in [0.2, 0.25) is 5.02 Å². The standard InChI is InChI=1S/C23H13BrClFN4O2/c24-13-3-7-16(18(26)9-13)22(31)28-15-5-1-12(2-6-15)21-17(11-27-30-21)23-29-19-10-14(25)4-8-20(19)32-23/h1-11H,(H,27,30)(H,28,31). The summed E-state index contributed by atoms with van der Waals surface area (Å²) >= 11 is 9.21. The molecule has 9 heteroatoms. The summed E-state index contributed by atoms with van der Waals surface area (Å²) in [5.74, 6) is -0.725. The van der Waals surface area contributed by atoms with E-state index in [1.54, 1.807) is 54.7 Å². The molecule has 0 saturated carbocycles. The van der Waals surface area contributed by atoms with E-state index in [2.05, 4.69) is 36.4 Å². The largest absolute Gasteiger partial charge is 0.436 e. The highest BCUT2D eigenvalue weighted by Gasteiger charge is 2.17. The summed E-state index contributed by atoms with van der Waals surface area (Å²) in [6.07, 6.45) is 1.70. The van der Waals surface area contributed by atoms with Crippen molar-refractivity contribution in [2.45, 2.75) is 0 Å². The van der Waals surface area contributed by atoms with E-state index in [1.807, 2.05) is 0 Å². The molecule has 0 bridgehead atoms. The fourth-order valence-corrected chi connectivity index (χ4v) is 3.77. The number of amides is 1. The molecule has 0 aliphatic heterocycles. The number of H-pyrrole nitrogens is 1. The first-order valence-corrected chi connectivity index (χ1v) is 10.6. The molecule has 1 amide bonds. The molecule has 0 radical (unpaired) electrons. The lowest BCUT2D eigenvalue weighted by atomic mass is 10.1. The van der Waals surface area contributed by atoms with Crippen LogP contribution in [0.25, 0.3) is 33.8 Å². The molecule has 0 saturated heterocycles. The van der Waals surface area contributed by atoms with Gasteiger partial charge in [0.25, 0.3) is 5.91 Å². The van der Waals surface area contributed by atoms with Crippen LogP contribution in [0.15, 0.2) is 75.8 Å².